The lowest BCUT2D eigenvalue weighted by Crippen LogP contribution is -2.18. The van der Waals surface area contributed by atoms with Crippen molar-refractivity contribution in [3.05, 3.63) is 17.0 Å². The molecule has 2 fully saturated rings. The number of rotatable bonds is 6. The van der Waals surface area contributed by atoms with E-state index >= 15 is 0 Å². The first kappa shape index (κ1) is 16.5. The summed E-state index contributed by atoms with van der Waals surface area (Å²) in [5, 5.41) is 4.09. The van der Waals surface area contributed by atoms with E-state index in [1.807, 2.05) is 13.8 Å². The summed E-state index contributed by atoms with van der Waals surface area (Å²) >= 11 is 0. The molecule has 0 aliphatic heterocycles. The molecule has 2 aliphatic carbocycles. The van der Waals surface area contributed by atoms with Crippen molar-refractivity contribution in [1.29, 1.82) is 0 Å². The number of hydrogen-bond donors (Lipinski definition) is 0. The molecule has 128 valence electrons. The van der Waals surface area contributed by atoms with E-state index in [0.29, 0.717) is 23.6 Å². The van der Waals surface area contributed by atoms with Crippen molar-refractivity contribution >= 4 is 5.97 Å². The van der Waals surface area contributed by atoms with Crippen LogP contribution in [0.15, 0.2) is 4.52 Å². The molecular weight excluding hydrogens is 294 g/mol. The van der Waals surface area contributed by atoms with E-state index in [4.69, 9.17) is 14.0 Å². The Balaban J connectivity index is 1.71. The van der Waals surface area contributed by atoms with Crippen LogP contribution in [0, 0.1) is 0 Å². The van der Waals surface area contributed by atoms with Crippen molar-refractivity contribution in [3.8, 4) is 0 Å². The Morgan fingerprint density at radius 2 is 1.74 bits per heavy atom. The molecule has 0 radical (unpaired) electrons. The van der Waals surface area contributed by atoms with Crippen LogP contribution >= 0.6 is 0 Å². The maximum absolute atomic E-state index is 12.6. The minimum absolute atomic E-state index is 0.0426. The van der Waals surface area contributed by atoms with Crippen molar-refractivity contribution < 1.29 is 18.8 Å². The molecule has 0 saturated heterocycles. The van der Waals surface area contributed by atoms with Gasteiger partial charge in [-0.15, -0.1) is 0 Å². The maximum Gasteiger partial charge on any atom is 0.344 e. The zero-order valence-electron chi connectivity index (χ0n) is 14.2. The van der Waals surface area contributed by atoms with Gasteiger partial charge in [0.1, 0.15) is 17.4 Å². The van der Waals surface area contributed by atoms with Gasteiger partial charge in [0.25, 0.3) is 0 Å². The summed E-state index contributed by atoms with van der Waals surface area (Å²) in [5.41, 5.74) is 1.08. The minimum atomic E-state index is -0.299. The van der Waals surface area contributed by atoms with Gasteiger partial charge in [-0.25, -0.2) is 4.79 Å². The normalized spacial score (nSPS) is 19.8. The highest BCUT2D eigenvalue weighted by molar-refractivity contribution is 5.92. The number of aromatic nitrogens is 1. The van der Waals surface area contributed by atoms with Gasteiger partial charge in [-0.05, 0) is 38.5 Å². The second-order valence-corrected chi connectivity index (χ2v) is 7.05. The van der Waals surface area contributed by atoms with E-state index in [0.717, 1.165) is 38.5 Å². The van der Waals surface area contributed by atoms with Gasteiger partial charge in [0.2, 0.25) is 0 Å². The summed E-state index contributed by atoms with van der Waals surface area (Å²) in [5.74, 6) is 0.402. The lowest BCUT2D eigenvalue weighted by atomic mass is 10.0. The lowest BCUT2D eigenvalue weighted by molar-refractivity contribution is 0.0285. The Morgan fingerprint density at radius 3 is 2.35 bits per heavy atom. The van der Waals surface area contributed by atoms with Crippen molar-refractivity contribution in [3.63, 3.8) is 0 Å². The first-order valence-corrected chi connectivity index (χ1v) is 8.96. The average Bonchev–Trinajstić information content (AvgIpc) is 3.26. The summed E-state index contributed by atoms with van der Waals surface area (Å²) in [6, 6.07) is 0. The second-order valence-electron chi connectivity index (χ2n) is 7.05. The molecule has 2 aliphatic rings. The van der Waals surface area contributed by atoms with E-state index in [1.165, 1.54) is 12.8 Å². The van der Waals surface area contributed by atoms with Crippen LogP contribution in [0.2, 0.25) is 0 Å². The number of carbonyl (C=O) groups is 1. The van der Waals surface area contributed by atoms with Gasteiger partial charge in [0.05, 0.1) is 12.7 Å². The molecule has 0 bridgehead atoms. The van der Waals surface area contributed by atoms with E-state index in [1.54, 1.807) is 0 Å². The third-order valence-corrected chi connectivity index (χ3v) is 4.85. The maximum atomic E-state index is 12.6. The van der Waals surface area contributed by atoms with Crippen LogP contribution < -0.4 is 0 Å². The topological polar surface area (TPSA) is 61.6 Å². The molecule has 1 aromatic rings. The van der Waals surface area contributed by atoms with Gasteiger partial charge in [-0.3, -0.25) is 0 Å². The quantitative estimate of drug-likeness (QED) is 0.729. The number of ether oxygens (including phenoxy) is 2. The van der Waals surface area contributed by atoms with E-state index in [-0.39, 0.29) is 24.1 Å². The van der Waals surface area contributed by atoms with Gasteiger partial charge in [0.15, 0.2) is 5.76 Å². The monoisotopic (exact) mass is 321 g/mol. The summed E-state index contributed by atoms with van der Waals surface area (Å²) < 4.78 is 17.0. The van der Waals surface area contributed by atoms with E-state index in [2.05, 4.69) is 5.16 Å². The number of hydrogen-bond acceptors (Lipinski definition) is 5. The highest BCUT2D eigenvalue weighted by Crippen LogP contribution is 2.28. The number of nitrogens with zero attached hydrogens (tertiary/aromatic N) is 1. The fraction of sp³-hybridized carbons (Fsp3) is 0.778. The average molecular weight is 321 g/mol. The molecule has 3 rings (SSSR count). The molecule has 23 heavy (non-hydrogen) atoms. The Hall–Kier alpha value is -1.36. The van der Waals surface area contributed by atoms with Crippen molar-refractivity contribution in [2.24, 2.45) is 0 Å². The van der Waals surface area contributed by atoms with Gasteiger partial charge in [0, 0.05) is 5.92 Å². The molecule has 5 heteroatoms. The molecule has 2 saturated carbocycles. The number of esters is 1. The van der Waals surface area contributed by atoms with Gasteiger partial charge >= 0.3 is 5.97 Å². The summed E-state index contributed by atoms with van der Waals surface area (Å²) in [4.78, 5) is 12.6. The zero-order chi connectivity index (χ0) is 16.2. The third-order valence-electron chi connectivity index (χ3n) is 4.85. The third kappa shape index (κ3) is 3.94. The van der Waals surface area contributed by atoms with Crippen LogP contribution in [0.3, 0.4) is 0 Å². The van der Waals surface area contributed by atoms with Gasteiger partial charge in [-0.1, -0.05) is 31.8 Å². The zero-order valence-corrected chi connectivity index (χ0v) is 14.2. The second kappa shape index (κ2) is 7.47. The molecule has 0 N–H and O–H groups in total. The van der Waals surface area contributed by atoms with Gasteiger partial charge in [-0.2, -0.15) is 0 Å². The first-order valence-electron chi connectivity index (χ1n) is 8.96. The molecule has 0 aromatic carbocycles. The lowest BCUT2D eigenvalue weighted by Gasteiger charge is -2.13. The van der Waals surface area contributed by atoms with Crippen LogP contribution in [-0.4, -0.2) is 23.3 Å². The summed E-state index contributed by atoms with van der Waals surface area (Å²) in [7, 11) is 0. The molecule has 0 spiro atoms. The Labute approximate surface area is 137 Å². The Bertz CT molecular complexity index is 525. The van der Waals surface area contributed by atoms with Gasteiger partial charge < -0.3 is 14.0 Å². The molecule has 5 nitrogen and oxygen atoms in total. The largest absolute Gasteiger partial charge is 0.459 e. The van der Waals surface area contributed by atoms with Crippen LogP contribution in [0.5, 0.6) is 0 Å². The molecule has 1 aromatic heterocycles. The molecule has 1 heterocycles. The molecule has 0 atom stereocenters. The number of carbonyl (C=O) groups excluding carboxylic acids is 1. The molecular formula is C18H27NO4. The Morgan fingerprint density at radius 1 is 1.13 bits per heavy atom. The fourth-order valence-electron chi connectivity index (χ4n) is 3.52. The van der Waals surface area contributed by atoms with E-state index < -0.39 is 0 Å². The van der Waals surface area contributed by atoms with Crippen LogP contribution in [-0.2, 0) is 16.1 Å². The van der Waals surface area contributed by atoms with Crippen molar-refractivity contribution in [2.75, 3.05) is 0 Å². The summed E-state index contributed by atoms with van der Waals surface area (Å²) in [6.07, 6.45) is 9.15. The van der Waals surface area contributed by atoms with Crippen LogP contribution in [0.1, 0.15) is 92.9 Å². The predicted octanol–water partition coefficient (Wildman–Crippen LogP) is 4.36. The highest BCUT2D eigenvalue weighted by atomic mass is 16.5. The molecule has 0 amide bonds. The highest BCUT2D eigenvalue weighted by Gasteiger charge is 2.29. The van der Waals surface area contributed by atoms with Crippen molar-refractivity contribution in [1.82, 2.24) is 5.16 Å². The first-order chi connectivity index (χ1) is 11.1. The smallest absolute Gasteiger partial charge is 0.344 e. The van der Waals surface area contributed by atoms with E-state index in [9.17, 15) is 4.79 Å². The van der Waals surface area contributed by atoms with Crippen LogP contribution in [0.4, 0.5) is 0 Å². The minimum Gasteiger partial charge on any atom is -0.459 e. The predicted molar refractivity (Wildman–Crippen MR) is 85.3 cm³/mol. The SMILES string of the molecule is CC(C)c1onc(COC2CCCC2)c1C(=O)OC1CCCC1. The fourth-order valence-corrected chi connectivity index (χ4v) is 3.52. The standard InChI is InChI=1S/C18H27NO4/c1-12(2)17-16(18(20)22-14-9-5-6-10-14)15(19-23-17)11-21-13-7-3-4-8-13/h12-14H,3-11H2,1-2H3. The summed E-state index contributed by atoms with van der Waals surface area (Å²) in [6.45, 7) is 4.32. The Kier molecular flexibility index (Phi) is 5.36. The van der Waals surface area contributed by atoms with Crippen molar-refractivity contribution in [2.45, 2.75) is 89.9 Å². The van der Waals surface area contributed by atoms with Crippen LogP contribution in [0.25, 0.3) is 0 Å². The molecule has 0 unspecified atom stereocenters.